The Labute approximate surface area is 127 Å². The van der Waals surface area contributed by atoms with E-state index in [0.717, 1.165) is 24.3 Å². The fraction of sp³-hybridized carbons (Fsp3) is 0.625. The third kappa shape index (κ3) is 2.56. The van der Waals surface area contributed by atoms with Crippen molar-refractivity contribution in [2.75, 3.05) is 27.9 Å². The second kappa shape index (κ2) is 6.54. The largest absolute Gasteiger partial charge is 0.493 e. The quantitative estimate of drug-likeness (QED) is 0.872. The molecule has 0 saturated heterocycles. The lowest BCUT2D eigenvalue weighted by Gasteiger charge is -2.30. The highest BCUT2D eigenvalue weighted by molar-refractivity contribution is 5.61. The van der Waals surface area contributed by atoms with Gasteiger partial charge in [-0.2, -0.15) is 0 Å². The summed E-state index contributed by atoms with van der Waals surface area (Å²) in [6.07, 6.45) is 1.08. The van der Waals surface area contributed by atoms with Crippen LogP contribution in [0.5, 0.6) is 17.2 Å². The van der Waals surface area contributed by atoms with Gasteiger partial charge in [-0.25, -0.2) is 0 Å². The van der Waals surface area contributed by atoms with Gasteiger partial charge in [-0.3, -0.25) is 4.90 Å². The van der Waals surface area contributed by atoms with Gasteiger partial charge in [0, 0.05) is 24.7 Å². The smallest absolute Gasteiger partial charge is 0.203 e. The molecule has 2 N–H and O–H groups in total. The Morgan fingerprint density at radius 3 is 2.38 bits per heavy atom. The van der Waals surface area contributed by atoms with E-state index in [0.29, 0.717) is 24.1 Å². The van der Waals surface area contributed by atoms with Crippen molar-refractivity contribution in [2.24, 2.45) is 5.73 Å². The van der Waals surface area contributed by atoms with E-state index in [1.54, 1.807) is 21.3 Å². The van der Waals surface area contributed by atoms with E-state index in [1.807, 2.05) is 6.07 Å². The van der Waals surface area contributed by atoms with Crippen molar-refractivity contribution in [2.45, 2.75) is 38.9 Å². The third-order valence-corrected chi connectivity index (χ3v) is 4.42. The summed E-state index contributed by atoms with van der Waals surface area (Å²) in [5.74, 6) is 2.09. The van der Waals surface area contributed by atoms with Crippen LogP contribution in [0.1, 0.15) is 37.4 Å². The van der Waals surface area contributed by atoms with Gasteiger partial charge in [-0.05, 0) is 25.0 Å². The van der Waals surface area contributed by atoms with E-state index in [9.17, 15) is 0 Å². The van der Waals surface area contributed by atoms with Crippen LogP contribution in [0.25, 0.3) is 0 Å². The summed E-state index contributed by atoms with van der Waals surface area (Å²) >= 11 is 0. The topological polar surface area (TPSA) is 57.0 Å². The Bertz CT molecular complexity index is 505. The van der Waals surface area contributed by atoms with Gasteiger partial charge in [0.05, 0.1) is 27.4 Å². The Kier molecular flexibility index (Phi) is 4.96. The Balaban J connectivity index is 2.57. The standard InChI is InChI=1S/C16H26N2O3/c1-6-10(2)18-9-11-7-13(19-3)15(20-4)16(21-5)14(11)12(18)8-17/h7,10,12H,6,8-9,17H2,1-5H3. The van der Waals surface area contributed by atoms with E-state index in [2.05, 4.69) is 18.7 Å². The average molecular weight is 294 g/mol. The number of ether oxygens (including phenoxy) is 3. The molecule has 118 valence electrons. The molecule has 0 spiro atoms. The lowest BCUT2D eigenvalue weighted by molar-refractivity contribution is 0.155. The Hall–Kier alpha value is -1.46. The highest BCUT2D eigenvalue weighted by Crippen LogP contribution is 2.49. The van der Waals surface area contributed by atoms with Gasteiger partial charge in [0.15, 0.2) is 11.5 Å². The van der Waals surface area contributed by atoms with Crippen molar-refractivity contribution < 1.29 is 14.2 Å². The molecule has 1 heterocycles. The van der Waals surface area contributed by atoms with Crippen molar-refractivity contribution in [3.05, 3.63) is 17.2 Å². The molecule has 5 nitrogen and oxygen atoms in total. The van der Waals surface area contributed by atoms with Crippen LogP contribution in [0.3, 0.4) is 0 Å². The Morgan fingerprint density at radius 2 is 1.90 bits per heavy atom. The van der Waals surface area contributed by atoms with E-state index < -0.39 is 0 Å². The molecular weight excluding hydrogens is 268 g/mol. The van der Waals surface area contributed by atoms with Crippen LogP contribution in [0, 0.1) is 0 Å². The van der Waals surface area contributed by atoms with Crippen molar-refractivity contribution in [3.8, 4) is 17.2 Å². The molecule has 1 aromatic rings. The lowest BCUT2D eigenvalue weighted by atomic mass is 10.0. The molecule has 1 aliphatic heterocycles. The first-order chi connectivity index (χ1) is 10.1. The van der Waals surface area contributed by atoms with Crippen LogP contribution in [0.4, 0.5) is 0 Å². The summed E-state index contributed by atoms with van der Waals surface area (Å²) in [4.78, 5) is 2.42. The van der Waals surface area contributed by atoms with Crippen LogP contribution < -0.4 is 19.9 Å². The van der Waals surface area contributed by atoms with Gasteiger partial charge in [0.1, 0.15) is 0 Å². The number of fused-ring (bicyclic) bond motifs is 1. The lowest BCUT2D eigenvalue weighted by Crippen LogP contribution is -2.34. The maximum atomic E-state index is 6.05. The number of rotatable bonds is 6. The first-order valence-electron chi connectivity index (χ1n) is 7.40. The molecule has 0 aromatic heterocycles. The maximum Gasteiger partial charge on any atom is 0.203 e. The monoisotopic (exact) mass is 294 g/mol. The summed E-state index contributed by atoms with van der Waals surface area (Å²) in [6, 6.07) is 2.67. The molecule has 0 fully saturated rings. The number of hydrogen-bond donors (Lipinski definition) is 1. The van der Waals surface area contributed by atoms with Crippen LogP contribution >= 0.6 is 0 Å². The number of hydrogen-bond acceptors (Lipinski definition) is 5. The minimum absolute atomic E-state index is 0.157. The number of nitrogens with zero attached hydrogens (tertiary/aromatic N) is 1. The zero-order chi connectivity index (χ0) is 15.6. The van der Waals surface area contributed by atoms with E-state index in [-0.39, 0.29) is 6.04 Å². The summed E-state index contributed by atoms with van der Waals surface area (Å²) in [5.41, 5.74) is 8.39. The van der Waals surface area contributed by atoms with Gasteiger partial charge < -0.3 is 19.9 Å². The summed E-state index contributed by atoms with van der Waals surface area (Å²) in [6.45, 7) is 5.85. The minimum Gasteiger partial charge on any atom is -0.493 e. The zero-order valence-corrected chi connectivity index (χ0v) is 13.6. The molecule has 21 heavy (non-hydrogen) atoms. The van der Waals surface area contributed by atoms with E-state index in [4.69, 9.17) is 19.9 Å². The molecule has 1 aliphatic rings. The molecule has 0 bridgehead atoms. The number of nitrogens with two attached hydrogens (primary N) is 1. The highest BCUT2D eigenvalue weighted by Gasteiger charge is 2.37. The molecule has 0 saturated carbocycles. The molecule has 5 heteroatoms. The molecule has 2 rings (SSSR count). The predicted molar refractivity (Wildman–Crippen MR) is 83.2 cm³/mol. The SMILES string of the molecule is CCC(C)N1Cc2cc(OC)c(OC)c(OC)c2C1CN. The van der Waals surface area contributed by atoms with Crippen LogP contribution in [0.15, 0.2) is 6.07 Å². The fourth-order valence-electron chi connectivity index (χ4n) is 3.15. The molecule has 0 radical (unpaired) electrons. The maximum absolute atomic E-state index is 6.05. The normalized spacial score (nSPS) is 19.2. The first-order valence-corrected chi connectivity index (χ1v) is 7.40. The number of methoxy groups -OCH3 is 3. The molecule has 2 atom stereocenters. The van der Waals surface area contributed by atoms with E-state index >= 15 is 0 Å². The van der Waals surface area contributed by atoms with Crippen LogP contribution in [0.2, 0.25) is 0 Å². The third-order valence-electron chi connectivity index (χ3n) is 4.42. The van der Waals surface area contributed by atoms with Crippen molar-refractivity contribution in [3.63, 3.8) is 0 Å². The molecule has 1 aromatic carbocycles. The molecule has 0 aliphatic carbocycles. The van der Waals surface area contributed by atoms with Gasteiger partial charge in [0.2, 0.25) is 5.75 Å². The highest BCUT2D eigenvalue weighted by atomic mass is 16.5. The second-order valence-corrected chi connectivity index (χ2v) is 5.40. The summed E-state index contributed by atoms with van der Waals surface area (Å²) in [5, 5.41) is 0. The first kappa shape index (κ1) is 15.9. The summed E-state index contributed by atoms with van der Waals surface area (Å²) < 4.78 is 16.6. The van der Waals surface area contributed by atoms with Crippen molar-refractivity contribution in [1.29, 1.82) is 0 Å². The van der Waals surface area contributed by atoms with Gasteiger partial charge in [-0.15, -0.1) is 0 Å². The Morgan fingerprint density at radius 1 is 1.24 bits per heavy atom. The predicted octanol–water partition coefficient (Wildman–Crippen LogP) is 2.33. The van der Waals surface area contributed by atoms with Crippen LogP contribution in [-0.2, 0) is 6.54 Å². The van der Waals surface area contributed by atoms with Gasteiger partial charge in [-0.1, -0.05) is 6.92 Å². The van der Waals surface area contributed by atoms with E-state index in [1.165, 1.54) is 5.56 Å². The second-order valence-electron chi connectivity index (χ2n) is 5.40. The fourth-order valence-corrected chi connectivity index (χ4v) is 3.15. The van der Waals surface area contributed by atoms with Gasteiger partial charge in [0.25, 0.3) is 0 Å². The van der Waals surface area contributed by atoms with Crippen molar-refractivity contribution >= 4 is 0 Å². The molecule has 0 amide bonds. The van der Waals surface area contributed by atoms with Gasteiger partial charge >= 0.3 is 0 Å². The van der Waals surface area contributed by atoms with Crippen molar-refractivity contribution in [1.82, 2.24) is 4.90 Å². The minimum atomic E-state index is 0.157. The number of benzene rings is 1. The average Bonchev–Trinajstić information content (AvgIpc) is 2.89. The summed E-state index contributed by atoms with van der Waals surface area (Å²) in [7, 11) is 4.94. The molecule has 2 unspecified atom stereocenters. The zero-order valence-electron chi connectivity index (χ0n) is 13.6. The molecular formula is C16H26N2O3. The van der Waals surface area contributed by atoms with Crippen LogP contribution in [-0.4, -0.2) is 38.8 Å².